The van der Waals surface area contributed by atoms with Gasteiger partial charge in [-0.3, -0.25) is 9.59 Å². The van der Waals surface area contributed by atoms with Crippen molar-refractivity contribution in [3.63, 3.8) is 0 Å². The molecule has 0 spiro atoms. The SMILES string of the molecule is CC1=C2C(=O)N(Cc3ccc(OC(F)(F)F)cc3)CC2C(=O)C(N2CCN(C)CC2)=C1. The highest BCUT2D eigenvalue weighted by atomic mass is 19.4. The fourth-order valence-electron chi connectivity index (χ4n) is 4.35. The average Bonchev–Trinajstić information content (AvgIpc) is 3.03. The fourth-order valence-corrected chi connectivity index (χ4v) is 4.35. The Balaban J connectivity index is 1.47. The highest BCUT2D eigenvalue weighted by Crippen LogP contribution is 2.36. The number of halogens is 3. The zero-order valence-corrected chi connectivity index (χ0v) is 17.4. The number of Topliss-reactive ketones (excluding diaryl/α,β-unsaturated/α-hetero) is 1. The summed E-state index contributed by atoms with van der Waals surface area (Å²) in [4.78, 5) is 32.1. The van der Waals surface area contributed by atoms with Crippen LogP contribution in [0.5, 0.6) is 5.75 Å². The second-order valence-electron chi connectivity index (χ2n) is 8.21. The Bertz CT molecular complexity index is 945. The van der Waals surface area contributed by atoms with Crippen molar-refractivity contribution in [3.05, 3.63) is 52.7 Å². The van der Waals surface area contributed by atoms with Crippen molar-refractivity contribution >= 4 is 11.7 Å². The number of amides is 1. The number of alkyl halides is 3. The van der Waals surface area contributed by atoms with Crippen LogP contribution in [0.15, 0.2) is 47.2 Å². The first-order valence-electron chi connectivity index (χ1n) is 10.2. The third-order valence-electron chi connectivity index (χ3n) is 5.99. The van der Waals surface area contributed by atoms with Gasteiger partial charge in [-0.1, -0.05) is 12.1 Å². The van der Waals surface area contributed by atoms with Crippen LogP contribution in [0.25, 0.3) is 0 Å². The van der Waals surface area contributed by atoms with E-state index in [2.05, 4.69) is 14.5 Å². The van der Waals surface area contributed by atoms with Gasteiger partial charge in [0.2, 0.25) is 0 Å². The quantitative estimate of drug-likeness (QED) is 0.728. The number of allylic oxidation sites excluding steroid dienone is 3. The molecule has 2 aliphatic heterocycles. The zero-order chi connectivity index (χ0) is 22.3. The molecule has 1 aromatic carbocycles. The third kappa shape index (κ3) is 4.46. The largest absolute Gasteiger partial charge is 0.573 e. The maximum absolute atomic E-state index is 13.2. The van der Waals surface area contributed by atoms with Crippen molar-refractivity contribution in [1.82, 2.24) is 14.7 Å². The highest BCUT2D eigenvalue weighted by molar-refractivity contribution is 6.11. The zero-order valence-electron chi connectivity index (χ0n) is 17.4. The van der Waals surface area contributed by atoms with Gasteiger partial charge in [0, 0.05) is 44.8 Å². The number of hydrogen-bond donors (Lipinski definition) is 0. The Hall–Kier alpha value is -2.81. The van der Waals surface area contributed by atoms with Crippen molar-refractivity contribution in [1.29, 1.82) is 0 Å². The van der Waals surface area contributed by atoms with E-state index in [4.69, 9.17) is 0 Å². The number of carbonyl (C=O) groups is 2. The van der Waals surface area contributed by atoms with E-state index < -0.39 is 12.3 Å². The molecule has 2 fully saturated rings. The van der Waals surface area contributed by atoms with E-state index in [1.165, 1.54) is 24.3 Å². The van der Waals surface area contributed by atoms with Crippen LogP contribution in [0.1, 0.15) is 12.5 Å². The van der Waals surface area contributed by atoms with Gasteiger partial charge in [-0.2, -0.15) is 0 Å². The predicted molar refractivity (Wildman–Crippen MR) is 107 cm³/mol. The van der Waals surface area contributed by atoms with Gasteiger partial charge in [-0.15, -0.1) is 13.2 Å². The number of benzene rings is 1. The molecule has 9 heteroatoms. The molecule has 0 saturated carbocycles. The minimum atomic E-state index is -4.75. The molecule has 166 valence electrons. The van der Waals surface area contributed by atoms with Gasteiger partial charge in [0.05, 0.1) is 11.6 Å². The molecule has 1 unspecified atom stereocenters. The predicted octanol–water partition coefficient (Wildman–Crippen LogP) is 2.57. The van der Waals surface area contributed by atoms with Gasteiger partial charge in [-0.25, -0.2) is 0 Å². The summed E-state index contributed by atoms with van der Waals surface area (Å²) >= 11 is 0. The first-order chi connectivity index (χ1) is 14.6. The van der Waals surface area contributed by atoms with Crippen LogP contribution in [0, 0.1) is 5.92 Å². The molecule has 0 N–H and O–H groups in total. The molecule has 1 aliphatic carbocycles. The number of piperazine rings is 1. The molecule has 3 aliphatic rings. The van der Waals surface area contributed by atoms with Crippen LogP contribution in [-0.2, 0) is 16.1 Å². The van der Waals surface area contributed by atoms with E-state index in [-0.39, 0.29) is 30.5 Å². The molecule has 4 rings (SSSR count). The lowest BCUT2D eigenvalue weighted by Crippen LogP contribution is -2.46. The van der Waals surface area contributed by atoms with Crippen molar-refractivity contribution in [2.75, 3.05) is 39.8 Å². The summed E-state index contributed by atoms with van der Waals surface area (Å²) in [5.74, 6) is -1.04. The minimum absolute atomic E-state index is 0.0325. The maximum Gasteiger partial charge on any atom is 0.573 e. The molecular weight excluding hydrogens is 411 g/mol. The molecule has 1 aromatic rings. The molecule has 0 radical (unpaired) electrons. The van der Waals surface area contributed by atoms with Gasteiger partial charge in [0.25, 0.3) is 5.91 Å². The van der Waals surface area contributed by atoms with Crippen LogP contribution in [0.3, 0.4) is 0 Å². The van der Waals surface area contributed by atoms with Gasteiger partial charge >= 0.3 is 6.36 Å². The number of likely N-dealkylation sites (N-methyl/N-ethyl adjacent to an activating group) is 1. The molecular formula is C22H24F3N3O3. The lowest BCUT2D eigenvalue weighted by Gasteiger charge is -2.36. The molecule has 6 nitrogen and oxygen atoms in total. The third-order valence-corrected chi connectivity index (χ3v) is 5.99. The van der Waals surface area contributed by atoms with E-state index >= 15 is 0 Å². The van der Waals surface area contributed by atoms with Gasteiger partial charge in [0.1, 0.15) is 5.75 Å². The summed E-state index contributed by atoms with van der Waals surface area (Å²) < 4.78 is 40.9. The topological polar surface area (TPSA) is 53.1 Å². The molecule has 31 heavy (non-hydrogen) atoms. The summed E-state index contributed by atoms with van der Waals surface area (Å²) in [6, 6.07) is 5.43. The van der Waals surface area contributed by atoms with Crippen molar-refractivity contribution in [3.8, 4) is 5.75 Å². The summed E-state index contributed by atoms with van der Waals surface area (Å²) in [6.45, 7) is 5.65. The molecule has 2 heterocycles. The number of carbonyl (C=O) groups excluding carboxylic acids is 2. The van der Waals surface area contributed by atoms with Gasteiger partial charge in [-0.05, 0) is 43.3 Å². The van der Waals surface area contributed by atoms with Gasteiger partial charge < -0.3 is 19.4 Å². The first-order valence-corrected chi connectivity index (χ1v) is 10.2. The Morgan fingerprint density at radius 2 is 1.71 bits per heavy atom. The summed E-state index contributed by atoms with van der Waals surface area (Å²) in [6.07, 6.45) is -2.93. The standard InChI is InChI=1S/C22H24F3N3O3/c1-14-11-18(27-9-7-26(2)8-10-27)20(29)17-13-28(21(30)19(14)17)12-15-3-5-16(6-4-15)31-22(23,24)25/h3-6,11,17H,7-10,12-13H2,1-2H3. The van der Waals surface area contributed by atoms with Crippen LogP contribution in [0.4, 0.5) is 13.2 Å². The monoisotopic (exact) mass is 435 g/mol. The second-order valence-corrected chi connectivity index (χ2v) is 8.21. The number of nitrogens with zero attached hydrogens (tertiary/aromatic N) is 3. The molecule has 0 aromatic heterocycles. The summed E-state index contributed by atoms with van der Waals surface area (Å²) in [5.41, 5.74) is 2.67. The smallest absolute Gasteiger partial charge is 0.406 e. The Kier molecular flexibility index (Phi) is 5.55. The summed E-state index contributed by atoms with van der Waals surface area (Å²) in [7, 11) is 2.05. The number of rotatable bonds is 4. The number of likely N-dealkylation sites (tertiary alicyclic amines) is 1. The van der Waals surface area contributed by atoms with E-state index in [1.54, 1.807) is 4.90 Å². The van der Waals surface area contributed by atoms with Crippen molar-refractivity contribution in [2.24, 2.45) is 5.92 Å². The van der Waals surface area contributed by atoms with E-state index in [0.717, 1.165) is 31.8 Å². The molecule has 1 amide bonds. The van der Waals surface area contributed by atoms with E-state index in [9.17, 15) is 22.8 Å². The van der Waals surface area contributed by atoms with E-state index in [0.29, 0.717) is 16.8 Å². The normalized spacial score (nSPS) is 22.7. The Morgan fingerprint density at radius 1 is 1.06 bits per heavy atom. The lowest BCUT2D eigenvalue weighted by molar-refractivity contribution is -0.274. The van der Waals surface area contributed by atoms with Crippen LogP contribution in [0.2, 0.25) is 0 Å². The lowest BCUT2D eigenvalue weighted by atomic mass is 9.86. The van der Waals surface area contributed by atoms with Crippen LogP contribution in [-0.4, -0.2) is 72.5 Å². The molecule has 0 bridgehead atoms. The van der Waals surface area contributed by atoms with Crippen LogP contribution >= 0.6 is 0 Å². The van der Waals surface area contributed by atoms with E-state index in [1.807, 2.05) is 20.0 Å². The molecule has 1 atom stereocenters. The van der Waals surface area contributed by atoms with Crippen molar-refractivity contribution in [2.45, 2.75) is 19.8 Å². The first kappa shape index (κ1) is 21.4. The van der Waals surface area contributed by atoms with Crippen molar-refractivity contribution < 1.29 is 27.5 Å². The summed E-state index contributed by atoms with van der Waals surface area (Å²) in [5, 5.41) is 0. The number of ether oxygens (including phenoxy) is 1. The highest BCUT2D eigenvalue weighted by Gasteiger charge is 2.44. The number of hydrogen-bond acceptors (Lipinski definition) is 5. The average molecular weight is 435 g/mol. The van der Waals surface area contributed by atoms with Gasteiger partial charge in [0.15, 0.2) is 5.78 Å². The minimum Gasteiger partial charge on any atom is -0.406 e. The fraction of sp³-hybridized carbons (Fsp3) is 0.455. The second kappa shape index (κ2) is 8.03. The van der Waals surface area contributed by atoms with Crippen LogP contribution < -0.4 is 4.74 Å². The molecule has 2 saturated heterocycles. The number of ketones is 1. The maximum atomic E-state index is 13.2. The Labute approximate surface area is 178 Å². The Morgan fingerprint density at radius 3 is 2.32 bits per heavy atom. The number of fused-ring (bicyclic) bond motifs is 1.